The Hall–Kier alpha value is -0.940. The Morgan fingerprint density at radius 2 is 1.94 bits per heavy atom. The summed E-state index contributed by atoms with van der Waals surface area (Å²) in [5, 5.41) is 0. The van der Waals surface area contributed by atoms with E-state index in [2.05, 4.69) is 0 Å². The van der Waals surface area contributed by atoms with Crippen LogP contribution in [0.4, 0.5) is 0 Å². The van der Waals surface area contributed by atoms with E-state index in [1.54, 1.807) is 0 Å². The SMILES string of the molecule is CCOC1CC(N)C1N1C(=O)C2CC2C1=O. The maximum Gasteiger partial charge on any atom is 0.233 e. The smallest absolute Gasteiger partial charge is 0.233 e. The molecule has 2 N–H and O–H groups in total. The monoisotopic (exact) mass is 224 g/mol. The minimum Gasteiger partial charge on any atom is -0.376 e. The zero-order valence-corrected chi connectivity index (χ0v) is 9.26. The van der Waals surface area contributed by atoms with E-state index >= 15 is 0 Å². The molecule has 16 heavy (non-hydrogen) atoms. The topological polar surface area (TPSA) is 72.6 Å². The average Bonchev–Trinajstić information content (AvgIpc) is 2.99. The van der Waals surface area contributed by atoms with Crippen molar-refractivity contribution in [1.29, 1.82) is 0 Å². The number of ether oxygens (including phenoxy) is 1. The van der Waals surface area contributed by atoms with Crippen molar-refractivity contribution in [2.24, 2.45) is 17.6 Å². The van der Waals surface area contributed by atoms with Gasteiger partial charge < -0.3 is 10.5 Å². The van der Waals surface area contributed by atoms with E-state index in [0.29, 0.717) is 6.61 Å². The summed E-state index contributed by atoms with van der Waals surface area (Å²) < 4.78 is 5.49. The van der Waals surface area contributed by atoms with Crippen molar-refractivity contribution in [3.05, 3.63) is 0 Å². The van der Waals surface area contributed by atoms with Crippen LogP contribution in [0.15, 0.2) is 0 Å². The van der Waals surface area contributed by atoms with Crippen LogP contribution in [0.25, 0.3) is 0 Å². The van der Waals surface area contributed by atoms with Crippen molar-refractivity contribution in [2.45, 2.75) is 38.0 Å². The number of carbonyl (C=O) groups excluding carboxylic acids is 2. The number of amides is 2. The van der Waals surface area contributed by atoms with Crippen molar-refractivity contribution >= 4 is 11.8 Å². The minimum atomic E-state index is -0.215. The van der Waals surface area contributed by atoms with Crippen LogP contribution in [-0.2, 0) is 14.3 Å². The summed E-state index contributed by atoms with van der Waals surface area (Å²) in [6, 6.07) is -0.324. The average molecular weight is 224 g/mol. The molecule has 88 valence electrons. The summed E-state index contributed by atoms with van der Waals surface area (Å²) in [7, 11) is 0. The second-order valence-electron chi connectivity index (χ2n) is 4.88. The number of imide groups is 1. The number of rotatable bonds is 3. The maximum absolute atomic E-state index is 11.9. The summed E-state index contributed by atoms with van der Waals surface area (Å²) in [4.78, 5) is 25.1. The molecular formula is C11H16N2O3. The van der Waals surface area contributed by atoms with Crippen LogP contribution in [0.1, 0.15) is 19.8 Å². The van der Waals surface area contributed by atoms with Crippen molar-refractivity contribution in [2.75, 3.05) is 6.61 Å². The first kappa shape index (κ1) is 10.2. The van der Waals surface area contributed by atoms with E-state index < -0.39 is 0 Å². The molecule has 5 nitrogen and oxygen atoms in total. The van der Waals surface area contributed by atoms with Gasteiger partial charge >= 0.3 is 0 Å². The Bertz CT molecular complexity index is 335. The molecule has 3 fully saturated rings. The van der Waals surface area contributed by atoms with Crippen LogP contribution >= 0.6 is 0 Å². The molecule has 0 aromatic rings. The standard InChI is InChI=1S/C11H16N2O3/c1-2-16-8-4-7(12)9(8)13-10(14)5-3-6(5)11(13)15/h5-9H,2-4,12H2,1H3. The van der Waals surface area contributed by atoms with Gasteiger partial charge in [-0.3, -0.25) is 14.5 Å². The highest BCUT2D eigenvalue weighted by Gasteiger charge is 2.63. The fraction of sp³-hybridized carbons (Fsp3) is 0.818. The third-order valence-electron chi connectivity index (χ3n) is 3.90. The highest BCUT2D eigenvalue weighted by Crippen LogP contribution is 2.49. The van der Waals surface area contributed by atoms with Gasteiger partial charge in [0, 0.05) is 12.6 Å². The van der Waals surface area contributed by atoms with Crippen LogP contribution in [-0.4, -0.2) is 41.5 Å². The first-order valence-corrected chi connectivity index (χ1v) is 5.89. The van der Waals surface area contributed by atoms with E-state index in [0.717, 1.165) is 12.8 Å². The second-order valence-corrected chi connectivity index (χ2v) is 4.88. The fourth-order valence-electron chi connectivity index (χ4n) is 2.87. The van der Waals surface area contributed by atoms with Crippen LogP contribution in [0.3, 0.4) is 0 Å². The lowest BCUT2D eigenvalue weighted by molar-refractivity contribution is -0.156. The number of likely N-dealkylation sites (tertiary alicyclic amines) is 1. The molecule has 2 aliphatic carbocycles. The van der Waals surface area contributed by atoms with Gasteiger partial charge in [0.25, 0.3) is 0 Å². The Kier molecular flexibility index (Phi) is 2.09. The molecule has 1 aliphatic heterocycles. The molecule has 0 spiro atoms. The Morgan fingerprint density at radius 3 is 2.44 bits per heavy atom. The first-order valence-electron chi connectivity index (χ1n) is 5.89. The van der Waals surface area contributed by atoms with Crippen LogP contribution in [0, 0.1) is 11.8 Å². The minimum absolute atomic E-state index is 0.0279. The lowest BCUT2D eigenvalue weighted by atomic mass is 9.82. The van der Waals surface area contributed by atoms with Gasteiger partial charge in [-0.05, 0) is 19.8 Å². The molecule has 0 aromatic carbocycles. The third kappa shape index (κ3) is 1.18. The lowest BCUT2D eigenvalue weighted by Crippen LogP contribution is -2.66. The largest absolute Gasteiger partial charge is 0.376 e. The van der Waals surface area contributed by atoms with Crippen LogP contribution < -0.4 is 5.73 Å². The molecule has 5 atom stereocenters. The molecule has 2 amide bonds. The highest BCUT2D eigenvalue weighted by molar-refractivity contribution is 6.09. The second kappa shape index (κ2) is 3.28. The Balaban J connectivity index is 1.77. The van der Waals surface area contributed by atoms with Crippen molar-refractivity contribution < 1.29 is 14.3 Å². The first-order chi connectivity index (χ1) is 7.65. The zero-order valence-electron chi connectivity index (χ0n) is 9.26. The van der Waals surface area contributed by atoms with Gasteiger partial charge in [-0.1, -0.05) is 0 Å². The molecule has 3 aliphatic rings. The Labute approximate surface area is 93.9 Å². The fourth-order valence-corrected chi connectivity index (χ4v) is 2.87. The van der Waals surface area contributed by atoms with Crippen LogP contribution in [0.2, 0.25) is 0 Å². The van der Waals surface area contributed by atoms with Crippen molar-refractivity contribution in [3.8, 4) is 0 Å². The van der Waals surface area contributed by atoms with Gasteiger partial charge in [0.15, 0.2) is 0 Å². The normalized spacial score (nSPS) is 45.6. The molecule has 5 unspecified atom stereocenters. The predicted octanol–water partition coefficient (Wildman–Crippen LogP) is -0.504. The number of hydrogen-bond donors (Lipinski definition) is 1. The number of piperidine rings is 1. The highest BCUT2D eigenvalue weighted by atomic mass is 16.5. The van der Waals surface area contributed by atoms with E-state index in [1.165, 1.54) is 4.90 Å². The summed E-state index contributed by atoms with van der Waals surface area (Å²) in [6.07, 6.45) is 1.44. The lowest BCUT2D eigenvalue weighted by Gasteiger charge is -2.46. The summed E-state index contributed by atoms with van der Waals surface area (Å²) >= 11 is 0. The van der Waals surface area contributed by atoms with E-state index in [-0.39, 0.29) is 41.8 Å². The van der Waals surface area contributed by atoms with Crippen LogP contribution in [0.5, 0.6) is 0 Å². The molecule has 1 saturated heterocycles. The van der Waals surface area contributed by atoms with Gasteiger partial charge in [0.2, 0.25) is 11.8 Å². The number of fused-ring (bicyclic) bond motifs is 1. The van der Waals surface area contributed by atoms with E-state index in [9.17, 15) is 9.59 Å². The molecule has 0 bridgehead atoms. The van der Waals surface area contributed by atoms with Gasteiger partial charge in [-0.25, -0.2) is 0 Å². The molecule has 5 heteroatoms. The molecule has 0 aromatic heterocycles. The summed E-state index contributed by atoms with van der Waals surface area (Å²) in [5.74, 6) is -0.134. The molecule has 3 rings (SSSR count). The van der Waals surface area contributed by atoms with Gasteiger partial charge in [0.1, 0.15) is 0 Å². The third-order valence-corrected chi connectivity index (χ3v) is 3.90. The van der Waals surface area contributed by atoms with Crippen molar-refractivity contribution in [3.63, 3.8) is 0 Å². The van der Waals surface area contributed by atoms with Gasteiger partial charge in [-0.2, -0.15) is 0 Å². The summed E-state index contributed by atoms with van der Waals surface area (Å²) in [5.41, 5.74) is 5.88. The van der Waals surface area contributed by atoms with Crippen molar-refractivity contribution in [1.82, 2.24) is 4.90 Å². The molecule has 2 saturated carbocycles. The number of carbonyl (C=O) groups is 2. The van der Waals surface area contributed by atoms with E-state index in [1.807, 2.05) is 6.92 Å². The van der Waals surface area contributed by atoms with Gasteiger partial charge in [-0.15, -0.1) is 0 Å². The maximum atomic E-state index is 11.9. The van der Waals surface area contributed by atoms with E-state index in [4.69, 9.17) is 10.5 Å². The number of nitrogens with zero attached hydrogens (tertiary/aromatic N) is 1. The predicted molar refractivity (Wildman–Crippen MR) is 55.2 cm³/mol. The number of nitrogens with two attached hydrogens (primary N) is 1. The Morgan fingerprint density at radius 1 is 1.31 bits per heavy atom. The summed E-state index contributed by atoms with van der Waals surface area (Å²) in [6.45, 7) is 2.50. The quantitative estimate of drug-likeness (QED) is 0.656. The molecule has 0 radical (unpaired) electrons. The molecular weight excluding hydrogens is 208 g/mol. The molecule has 1 heterocycles. The zero-order chi connectivity index (χ0) is 11.4. The van der Waals surface area contributed by atoms with Gasteiger partial charge in [0.05, 0.1) is 24.0 Å². The number of hydrogen-bond acceptors (Lipinski definition) is 4.